The van der Waals surface area contributed by atoms with Gasteiger partial charge in [-0.1, -0.05) is 36.4 Å². The number of nitriles is 1. The molecular weight excluding hydrogens is 298 g/mol. The highest BCUT2D eigenvalue weighted by Crippen LogP contribution is 2.25. The molecule has 2 aromatic carbocycles. The summed E-state index contributed by atoms with van der Waals surface area (Å²) >= 11 is 0. The van der Waals surface area contributed by atoms with Crippen LogP contribution in [0.1, 0.15) is 12.5 Å². The maximum Gasteiger partial charge on any atom is 0.216 e. The van der Waals surface area contributed by atoms with Crippen LogP contribution in [0.25, 0.3) is 6.08 Å². The number of nitrogens with zero attached hydrogens (tertiary/aromatic N) is 1. The summed E-state index contributed by atoms with van der Waals surface area (Å²) in [6.45, 7) is 2.30. The molecule has 0 N–H and O–H groups in total. The third kappa shape index (κ3) is 3.35. The molecule has 0 aliphatic rings. The Kier molecular flexibility index (Phi) is 4.97. The van der Waals surface area contributed by atoms with Crippen LogP contribution >= 0.6 is 0 Å². The number of para-hydroxylation sites is 1. The number of ether oxygens (including phenoxy) is 1. The van der Waals surface area contributed by atoms with Gasteiger partial charge < -0.3 is 4.74 Å². The molecule has 112 valence electrons. The number of hydrogen-bond acceptors (Lipinski definition) is 4. The van der Waals surface area contributed by atoms with Crippen molar-refractivity contribution >= 4 is 15.9 Å². The van der Waals surface area contributed by atoms with Gasteiger partial charge in [-0.25, -0.2) is 8.42 Å². The third-order valence-corrected chi connectivity index (χ3v) is 4.64. The van der Waals surface area contributed by atoms with E-state index < -0.39 is 9.84 Å². The minimum atomic E-state index is -3.84. The first-order chi connectivity index (χ1) is 10.6. The zero-order valence-corrected chi connectivity index (χ0v) is 12.9. The molecule has 0 unspecified atom stereocenters. The molecule has 0 amide bonds. The predicted molar refractivity (Wildman–Crippen MR) is 84.8 cm³/mol. The van der Waals surface area contributed by atoms with Crippen molar-refractivity contribution in [2.45, 2.75) is 11.8 Å². The smallest absolute Gasteiger partial charge is 0.216 e. The Balaban J connectivity index is 2.52. The topological polar surface area (TPSA) is 67.2 Å². The van der Waals surface area contributed by atoms with Crippen LogP contribution in [-0.2, 0) is 9.84 Å². The van der Waals surface area contributed by atoms with Crippen molar-refractivity contribution in [3.05, 3.63) is 65.1 Å². The maximum absolute atomic E-state index is 12.5. The Hall–Kier alpha value is -2.58. The lowest BCUT2D eigenvalue weighted by Crippen LogP contribution is -2.03. The first kappa shape index (κ1) is 15.8. The van der Waals surface area contributed by atoms with Crippen molar-refractivity contribution in [1.82, 2.24) is 0 Å². The van der Waals surface area contributed by atoms with E-state index in [2.05, 4.69) is 0 Å². The van der Waals surface area contributed by atoms with Crippen molar-refractivity contribution in [2.24, 2.45) is 0 Å². The molecule has 2 aromatic rings. The summed E-state index contributed by atoms with van der Waals surface area (Å²) in [5, 5.41) is 9.27. The number of sulfone groups is 1. The quantitative estimate of drug-likeness (QED) is 0.793. The molecule has 0 radical (unpaired) electrons. The van der Waals surface area contributed by atoms with E-state index in [1.54, 1.807) is 48.5 Å². The second kappa shape index (κ2) is 6.92. The molecule has 0 spiro atoms. The second-order valence-corrected chi connectivity index (χ2v) is 6.33. The van der Waals surface area contributed by atoms with E-state index >= 15 is 0 Å². The lowest BCUT2D eigenvalue weighted by atomic mass is 10.2. The fraction of sp³-hybridized carbons (Fsp3) is 0.118. The van der Waals surface area contributed by atoms with Crippen LogP contribution in [0.4, 0.5) is 0 Å². The van der Waals surface area contributed by atoms with Gasteiger partial charge in [0.2, 0.25) is 9.84 Å². The maximum atomic E-state index is 12.5. The van der Waals surface area contributed by atoms with Crippen molar-refractivity contribution in [2.75, 3.05) is 6.61 Å². The van der Waals surface area contributed by atoms with Crippen LogP contribution in [-0.4, -0.2) is 15.0 Å². The highest BCUT2D eigenvalue weighted by molar-refractivity contribution is 7.95. The fourth-order valence-corrected chi connectivity index (χ4v) is 3.10. The average Bonchev–Trinajstić information content (AvgIpc) is 2.55. The number of hydrogen-bond donors (Lipinski definition) is 0. The van der Waals surface area contributed by atoms with Gasteiger partial charge in [-0.05, 0) is 31.2 Å². The molecule has 0 aromatic heterocycles. The van der Waals surface area contributed by atoms with Gasteiger partial charge in [0.25, 0.3) is 0 Å². The molecule has 2 rings (SSSR count). The Bertz CT molecular complexity index is 818. The van der Waals surface area contributed by atoms with Crippen LogP contribution in [0.5, 0.6) is 5.75 Å². The van der Waals surface area contributed by atoms with Crippen LogP contribution < -0.4 is 4.74 Å². The summed E-state index contributed by atoms with van der Waals surface area (Å²) < 4.78 is 30.5. The predicted octanol–water partition coefficient (Wildman–Crippen LogP) is 3.42. The van der Waals surface area contributed by atoms with Crippen LogP contribution in [0.15, 0.2) is 64.4 Å². The number of rotatable bonds is 5. The highest BCUT2D eigenvalue weighted by atomic mass is 32.2. The second-order valence-electron chi connectivity index (χ2n) is 4.41. The Morgan fingerprint density at radius 1 is 1.14 bits per heavy atom. The standard InChI is InChI=1S/C17H15NO3S/c1-2-21-17-11-7-6-8-14(17)12-16(13-18)22(19,20)15-9-4-3-5-10-15/h3-12H,2H2,1H3/b16-12-. The Morgan fingerprint density at radius 3 is 2.41 bits per heavy atom. The van der Waals surface area contributed by atoms with Crippen molar-refractivity contribution in [3.8, 4) is 11.8 Å². The minimum Gasteiger partial charge on any atom is -0.493 e. The van der Waals surface area contributed by atoms with Gasteiger partial charge in [-0.15, -0.1) is 0 Å². The average molecular weight is 313 g/mol. The molecule has 22 heavy (non-hydrogen) atoms. The molecule has 5 heteroatoms. The lowest BCUT2D eigenvalue weighted by molar-refractivity contribution is 0.339. The fourth-order valence-electron chi connectivity index (χ4n) is 1.92. The van der Waals surface area contributed by atoms with E-state index in [1.807, 2.05) is 6.92 Å². The summed E-state index contributed by atoms with van der Waals surface area (Å²) in [5.74, 6) is 0.543. The lowest BCUT2D eigenvalue weighted by Gasteiger charge is -2.07. The molecule has 4 nitrogen and oxygen atoms in total. The summed E-state index contributed by atoms with van der Waals surface area (Å²) in [5.41, 5.74) is 0.556. The van der Waals surface area contributed by atoms with Crippen LogP contribution in [0.2, 0.25) is 0 Å². The number of benzene rings is 2. The van der Waals surface area contributed by atoms with E-state index in [0.29, 0.717) is 17.9 Å². The molecule has 0 saturated heterocycles. The normalized spacial score (nSPS) is 11.7. The molecule has 0 aliphatic heterocycles. The molecule has 0 heterocycles. The molecule has 0 fully saturated rings. The van der Waals surface area contributed by atoms with Crippen molar-refractivity contribution in [1.29, 1.82) is 5.26 Å². The molecular formula is C17H15NO3S. The van der Waals surface area contributed by atoms with Crippen molar-refractivity contribution < 1.29 is 13.2 Å². The monoisotopic (exact) mass is 313 g/mol. The molecule has 0 atom stereocenters. The van der Waals surface area contributed by atoms with Crippen molar-refractivity contribution in [3.63, 3.8) is 0 Å². The number of allylic oxidation sites excluding steroid dienone is 1. The molecule has 0 bridgehead atoms. The zero-order chi connectivity index (χ0) is 16.0. The minimum absolute atomic E-state index is 0.0942. The first-order valence-corrected chi connectivity index (χ1v) is 8.21. The van der Waals surface area contributed by atoms with Gasteiger partial charge in [-0.3, -0.25) is 0 Å². The third-order valence-electron chi connectivity index (χ3n) is 2.96. The van der Waals surface area contributed by atoms with E-state index in [4.69, 9.17) is 4.74 Å². The zero-order valence-electron chi connectivity index (χ0n) is 12.1. The van der Waals surface area contributed by atoms with Crippen LogP contribution in [0.3, 0.4) is 0 Å². The van der Waals surface area contributed by atoms with Gasteiger partial charge >= 0.3 is 0 Å². The summed E-state index contributed by atoms with van der Waals surface area (Å²) in [6, 6.07) is 16.7. The van der Waals surface area contributed by atoms with Gasteiger partial charge in [0.05, 0.1) is 11.5 Å². The van der Waals surface area contributed by atoms with E-state index in [1.165, 1.54) is 18.2 Å². The Labute approximate surface area is 130 Å². The van der Waals surface area contributed by atoms with Crippen LogP contribution in [0, 0.1) is 11.3 Å². The molecule has 0 aliphatic carbocycles. The van der Waals surface area contributed by atoms with E-state index in [-0.39, 0.29) is 9.80 Å². The highest BCUT2D eigenvalue weighted by Gasteiger charge is 2.20. The van der Waals surface area contributed by atoms with E-state index in [9.17, 15) is 13.7 Å². The largest absolute Gasteiger partial charge is 0.493 e. The first-order valence-electron chi connectivity index (χ1n) is 6.73. The van der Waals surface area contributed by atoms with E-state index in [0.717, 1.165) is 0 Å². The van der Waals surface area contributed by atoms with Gasteiger partial charge in [-0.2, -0.15) is 5.26 Å². The van der Waals surface area contributed by atoms with Gasteiger partial charge in [0, 0.05) is 5.56 Å². The van der Waals surface area contributed by atoms with Gasteiger partial charge in [0.15, 0.2) is 0 Å². The SMILES string of the molecule is CCOc1ccccc1/C=C(/C#N)S(=O)(=O)c1ccccc1. The van der Waals surface area contributed by atoms with Gasteiger partial charge in [0.1, 0.15) is 16.7 Å². The summed E-state index contributed by atoms with van der Waals surface area (Å²) in [4.78, 5) is -0.220. The summed E-state index contributed by atoms with van der Waals surface area (Å²) in [6.07, 6.45) is 1.34. The molecule has 0 saturated carbocycles. The summed E-state index contributed by atoms with van der Waals surface area (Å²) in [7, 11) is -3.84. The Morgan fingerprint density at radius 2 is 1.77 bits per heavy atom.